The van der Waals surface area contributed by atoms with Crippen molar-refractivity contribution in [3.63, 3.8) is 0 Å². The Labute approximate surface area is 344 Å². The molecule has 8 atom stereocenters. The van der Waals surface area contributed by atoms with Crippen LogP contribution in [-0.2, 0) is 58.7 Å². The van der Waals surface area contributed by atoms with E-state index in [0.29, 0.717) is 63.0 Å². The van der Waals surface area contributed by atoms with Crippen LogP contribution in [0.1, 0.15) is 90.4 Å². The third-order valence-electron chi connectivity index (χ3n) is 9.42. The molecule has 0 aliphatic heterocycles. The van der Waals surface area contributed by atoms with E-state index in [1.807, 2.05) is 27.7 Å². The van der Waals surface area contributed by atoms with Gasteiger partial charge in [-0.05, 0) is 63.5 Å². The number of imidazole rings is 2. The molecule has 4 amide bonds. The van der Waals surface area contributed by atoms with Gasteiger partial charge in [-0.25, -0.2) is 9.97 Å². The summed E-state index contributed by atoms with van der Waals surface area (Å²) in [7, 11) is 0. The van der Waals surface area contributed by atoms with Crippen LogP contribution in [0.3, 0.4) is 0 Å². The summed E-state index contributed by atoms with van der Waals surface area (Å²) in [5, 5.41) is 32.8. The minimum Gasteiger partial charge on any atom is -0.548 e. The fourth-order valence-electron chi connectivity index (χ4n) is 5.23. The van der Waals surface area contributed by atoms with E-state index >= 15 is 0 Å². The fourth-order valence-corrected chi connectivity index (χ4v) is 5.23. The van der Waals surface area contributed by atoms with E-state index < -0.39 is 71.8 Å². The second kappa shape index (κ2) is 28.9. The van der Waals surface area contributed by atoms with Crippen molar-refractivity contribution in [2.75, 3.05) is 13.1 Å². The zero-order chi connectivity index (χ0) is 42.2. The van der Waals surface area contributed by atoms with Gasteiger partial charge in [0.15, 0.2) is 0 Å². The Bertz CT molecular complexity index is 1360. The van der Waals surface area contributed by atoms with Gasteiger partial charge in [0.05, 0.1) is 60.1 Å². The van der Waals surface area contributed by atoms with Gasteiger partial charge in [-0.15, -0.1) is 0 Å². The van der Waals surface area contributed by atoms with Gasteiger partial charge in [0.25, 0.3) is 0 Å². The molecule has 0 fully saturated rings. The number of carbonyl (C=O) groups excluding carboxylic acids is 6. The van der Waals surface area contributed by atoms with Gasteiger partial charge < -0.3 is 74.0 Å². The molecule has 0 aliphatic rings. The molecule has 0 unspecified atom stereocenters. The molecule has 57 heavy (non-hydrogen) atoms. The summed E-state index contributed by atoms with van der Waals surface area (Å²) in [4.78, 5) is 86.6. The predicted molar refractivity (Wildman–Crippen MR) is 203 cm³/mol. The first-order valence-electron chi connectivity index (χ1n) is 19.1. The van der Waals surface area contributed by atoms with Gasteiger partial charge in [-0.2, -0.15) is 0 Å². The molecule has 0 spiro atoms. The molecule has 14 N–H and O–H groups in total. The number of carboxylic acids is 2. The Morgan fingerprint density at radius 1 is 0.614 bits per heavy atom. The summed E-state index contributed by atoms with van der Waals surface area (Å²) >= 11 is 0. The monoisotopic (exact) mass is 845 g/mol. The van der Waals surface area contributed by atoms with E-state index in [1.54, 1.807) is 12.4 Å². The van der Waals surface area contributed by atoms with Gasteiger partial charge >= 0.3 is 17.1 Å². The van der Waals surface area contributed by atoms with Crippen molar-refractivity contribution in [3.05, 3.63) is 36.4 Å². The van der Waals surface area contributed by atoms with Crippen molar-refractivity contribution in [1.82, 2.24) is 41.2 Å². The summed E-state index contributed by atoms with van der Waals surface area (Å²) in [6.07, 6.45) is 10.4. The van der Waals surface area contributed by atoms with E-state index in [1.165, 1.54) is 12.7 Å². The molecule has 1 radical (unpaired) electrons. The topological polar surface area (TPSA) is 358 Å². The van der Waals surface area contributed by atoms with Crippen molar-refractivity contribution in [1.29, 1.82) is 0 Å². The number of aromatic nitrogens is 4. The standard InChI is InChI=1S/2C18H32N6O4.Mn/c2*1-3-11(2)15(20)17(26)24-14(8-12-9-21-10-22-12)16(25)23-13(18(27)28)6-4-5-7-19;/h2*9-11,13-15H,3-8,19-20H2,1-2H3,(H,21,22)(H,23,25)(H,24,26)(H,27,28);/q;;+2/p-2/t2*11-,13-,14-,15-;/m00./s1. The first kappa shape index (κ1) is 52.6. The third-order valence-corrected chi connectivity index (χ3v) is 9.42. The number of rotatable bonds is 26. The molecule has 321 valence electrons. The molecule has 0 saturated carbocycles. The van der Waals surface area contributed by atoms with Crippen LogP contribution >= 0.6 is 0 Å². The summed E-state index contributed by atoms with van der Waals surface area (Å²) in [5.74, 6) is -5.11. The number of aromatic amines is 2. The van der Waals surface area contributed by atoms with E-state index in [4.69, 9.17) is 22.9 Å². The molecule has 2 aromatic heterocycles. The summed E-state index contributed by atoms with van der Waals surface area (Å²) in [6, 6.07) is -5.91. The molecule has 2 aromatic rings. The van der Waals surface area contributed by atoms with Crippen LogP contribution in [0.25, 0.3) is 0 Å². The maximum atomic E-state index is 12.7. The first-order chi connectivity index (χ1) is 26.6. The molecule has 21 heteroatoms. The quantitative estimate of drug-likeness (QED) is 0.0323. The maximum Gasteiger partial charge on any atom is 2.00 e. The number of unbranched alkanes of at least 4 members (excludes halogenated alkanes) is 2. The molecule has 2 heterocycles. The summed E-state index contributed by atoms with van der Waals surface area (Å²) in [6.45, 7) is 8.38. The van der Waals surface area contributed by atoms with Gasteiger partial charge in [0, 0.05) is 25.2 Å². The summed E-state index contributed by atoms with van der Waals surface area (Å²) < 4.78 is 0. The van der Waals surface area contributed by atoms with Crippen LogP contribution in [0, 0.1) is 11.8 Å². The van der Waals surface area contributed by atoms with Crippen LogP contribution in [0.5, 0.6) is 0 Å². The minimum absolute atomic E-state index is 0. The van der Waals surface area contributed by atoms with Crippen LogP contribution in [0.4, 0.5) is 0 Å². The average Bonchev–Trinajstić information content (AvgIpc) is 3.90. The van der Waals surface area contributed by atoms with Crippen LogP contribution in [0.15, 0.2) is 25.0 Å². The van der Waals surface area contributed by atoms with Crippen molar-refractivity contribution in [2.24, 2.45) is 34.8 Å². The average molecular weight is 846 g/mol. The fraction of sp³-hybridized carbons (Fsp3) is 0.667. The Hall–Kier alpha value is -4.40. The number of nitrogens with one attached hydrogen (secondary N) is 6. The first-order valence-corrected chi connectivity index (χ1v) is 19.1. The second-order valence-corrected chi connectivity index (χ2v) is 13.8. The number of carbonyl (C=O) groups is 6. The number of aliphatic carboxylic acids is 2. The maximum absolute atomic E-state index is 12.7. The number of hydrogen-bond donors (Lipinski definition) is 10. The SMILES string of the molecule is CC[C@H](C)[C@H](N)C(=O)N[C@@H](Cc1c[nH]cn1)C(=O)N[C@@H](CCCCN)C(=O)[O-].CC[C@H](C)[C@H](N)C(=O)N[C@@H](Cc1c[nH]cn1)C(=O)N[C@@H](CCCCN)C(=O)[O-].[Mn+2]. The Balaban J connectivity index is 0.00000108. The molecule has 0 aliphatic carbocycles. The molecule has 2 rings (SSSR count). The number of amides is 4. The van der Waals surface area contributed by atoms with Crippen molar-refractivity contribution in [3.8, 4) is 0 Å². The second-order valence-electron chi connectivity index (χ2n) is 13.8. The van der Waals surface area contributed by atoms with Crippen molar-refractivity contribution >= 4 is 35.6 Å². The van der Waals surface area contributed by atoms with Crippen LogP contribution in [0.2, 0.25) is 0 Å². The molecular weight excluding hydrogens is 783 g/mol. The van der Waals surface area contributed by atoms with Gasteiger partial charge in [-0.1, -0.05) is 40.5 Å². The van der Waals surface area contributed by atoms with Crippen LogP contribution < -0.4 is 54.4 Å². The number of nitrogens with zero attached hydrogens (tertiary/aromatic N) is 2. The molecule has 0 aromatic carbocycles. The van der Waals surface area contributed by atoms with Crippen molar-refractivity contribution < 1.29 is 56.0 Å². The van der Waals surface area contributed by atoms with E-state index in [9.17, 15) is 39.0 Å². The number of hydrogen-bond acceptors (Lipinski definition) is 14. The van der Waals surface area contributed by atoms with E-state index in [-0.39, 0.29) is 54.6 Å². The third kappa shape index (κ3) is 20.0. The zero-order valence-electron chi connectivity index (χ0n) is 33.3. The molecular formula is C36H62MnN12O8. The minimum atomic E-state index is -1.38. The Morgan fingerprint density at radius 2 is 0.947 bits per heavy atom. The molecule has 0 bridgehead atoms. The van der Waals surface area contributed by atoms with Crippen molar-refractivity contribution in [2.45, 2.75) is 128 Å². The largest absolute Gasteiger partial charge is 2.00 e. The Kier molecular flexibility index (Phi) is 26.7. The van der Waals surface area contributed by atoms with E-state index in [0.717, 1.165) is 0 Å². The smallest absolute Gasteiger partial charge is 0.548 e. The molecule has 0 saturated heterocycles. The number of nitrogens with two attached hydrogens (primary N) is 4. The van der Waals surface area contributed by atoms with Gasteiger partial charge in [0.2, 0.25) is 23.6 Å². The van der Waals surface area contributed by atoms with Gasteiger partial charge in [0.1, 0.15) is 12.1 Å². The predicted octanol–water partition coefficient (Wildman–Crippen LogP) is -3.65. The zero-order valence-corrected chi connectivity index (χ0v) is 34.4. The number of carboxylic acid groups (broad SMARTS) is 2. The molecule has 20 nitrogen and oxygen atoms in total. The number of H-pyrrole nitrogens is 2. The Morgan fingerprint density at radius 3 is 1.21 bits per heavy atom. The summed E-state index contributed by atoms with van der Waals surface area (Å²) in [5.41, 5.74) is 23.8. The van der Waals surface area contributed by atoms with Gasteiger partial charge in [-0.3, -0.25) is 19.2 Å². The normalized spacial score (nSPS) is 15.0. The van der Waals surface area contributed by atoms with Crippen LogP contribution in [-0.4, -0.2) is 105 Å². The van der Waals surface area contributed by atoms with E-state index in [2.05, 4.69) is 41.2 Å².